The van der Waals surface area contributed by atoms with Crippen molar-refractivity contribution >= 4 is 12.1 Å². The number of aromatic amines is 1. The Morgan fingerprint density at radius 3 is 2.61 bits per heavy atom. The predicted octanol–water partition coefficient (Wildman–Crippen LogP) is 0.240. The van der Waals surface area contributed by atoms with Gasteiger partial charge in [-0.2, -0.15) is 5.21 Å². The molecule has 0 radical (unpaired) electrons. The number of aliphatic carboxylic acids is 1. The number of nitrogens with one attached hydrogen (secondary N) is 2. The van der Waals surface area contributed by atoms with E-state index in [9.17, 15) is 9.59 Å². The highest BCUT2D eigenvalue weighted by molar-refractivity contribution is 5.71. The number of carboxylic acid groups (broad SMARTS) is 1. The van der Waals surface area contributed by atoms with Crippen LogP contribution in [0, 0.1) is 0 Å². The zero-order valence-corrected chi connectivity index (χ0v) is 10.3. The predicted molar refractivity (Wildman–Crippen MR) is 58.5 cm³/mol. The van der Waals surface area contributed by atoms with Crippen LogP contribution in [0.2, 0.25) is 0 Å². The van der Waals surface area contributed by atoms with Crippen LogP contribution in [0.3, 0.4) is 0 Å². The lowest BCUT2D eigenvalue weighted by Gasteiger charge is -2.21. The number of tetrazole rings is 1. The topological polar surface area (TPSA) is 130 Å². The lowest BCUT2D eigenvalue weighted by Crippen LogP contribution is -2.36. The van der Waals surface area contributed by atoms with Crippen molar-refractivity contribution in [1.29, 1.82) is 0 Å². The van der Waals surface area contributed by atoms with E-state index >= 15 is 0 Å². The van der Waals surface area contributed by atoms with Crippen molar-refractivity contribution in [2.45, 2.75) is 38.8 Å². The van der Waals surface area contributed by atoms with Crippen LogP contribution in [0.5, 0.6) is 0 Å². The summed E-state index contributed by atoms with van der Waals surface area (Å²) < 4.78 is 5.02. The van der Waals surface area contributed by atoms with Gasteiger partial charge in [-0.25, -0.2) is 4.79 Å². The van der Waals surface area contributed by atoms with Gasteiger partial charge in [-0.3, -0.25) is 4.79 Å². The smallest absolute Gasteiger partial charge is 0.408 e. The number of H-pyrrole nitrogens is 1. The molecule has 1 amide bonds. The summed E-state index contributed by atoms with van der Waals surface area (Å²) in [5.41, 5.74) is -0.672. The molecule has 0 aromatic carbocycles. The molecule has 18 heavy (non-hydrogen) atoms. The Morgan fingerprint density at radius 2 is 2.17 bits per heavy atom. The number of carboxylic acids is 1. The summed E-state index contributed by atoms with van der Waals surface area (Å²) >= 11 is 0. The molecular weight excluding hydrogens is 242 g/mol. The number of hydrogen-bond acceptors (Lipinski definition) is 6. The van der Waals surface area contributed by atoms with Crippen molar-refractivity contribution < 1.29 is 19.4 Å². The van der Waals surface area contributed by atoms with Crippen LogP contribution in [0.15, 0.2) is 0 Å². The van der Waals surface area contributed by atoms with E-state index in [0.717, 1.165) is 0 Å². The zero-order valence-electron chi connectivity index (χ0n) is 10.3. The third-order valence-corrected chi connectivity index (χ3v) is 1.74. The first kappa shape index (κ1) is 13.9. The number of hydrogen-bond donors (Lipinski definition) is 3. The van der Waals surface area contributed by atoms with Crippen LogP contribution in [-0.2, 0) is 9.53 Å². The van der Waals surface area contributed by atoms with Gasteiger partial charge in [0.25, 0.3) is 0 Å². The van der Waals surface area contributed by atoms with Crippen LogP contribution < -0.4 is 5.32 Å². The van der Waals surface area contributed by atoms with Gasteiger partial charge < -0.3 is 15.2 Å². The van der Waals surface area contributed by atoms with Crippen LogP contribution >= 0.6 is 0 Å². The maximum atomic E-state index is 11.5. The highest BCUT2D eigenvalue weighted by Crippen LogP contribution is 2.13. The molecule has 1 heterocycles. The van der Waals surface area contributed by atoms with Gasteiger partial charge in [-0.05, 0) is 20.8 Å². The normalized spacial score (nSPS) is 12.8. The average molecular weight is 257 g/mol. The molecule has 0 fully saturated rings. The zero-order chi connectivity index (χ0) is 13.8. The molecule has 0 aliphatic rings. The van der Waals surface area contributed by atoms with Gasteiger partial charge in [-0.15, -0.1) is 10.2 Å². The van der Waals surface area contributed by atoms with E-state index < -0.39 is 23.7 Å². The molecule has 0 saturated heterocycles. The Bertz CT molecular complexity index is 411. The van der Waals surface area contributed by atoms with Gasteiger partial charge in [0, 0.05) is 0 Å². The molecule has 3 N–H and O–H groups in total. The molecule has 0 saturated carbocycles. The Labute approximate surface area is 103 Å². The third kappa shape index (κ3) is 4.76. The number of carbonyl (C=O) groups excluding carboxylic acids is 1. The SMILES string of the molecule is CC(C)(C)OC(=O)NC(CC(=O)O)c1nn[nH]n1. The van der Waals surface area contributed by atoms with Crippen LogP contribution in [0.1, 0.15) is 39.1 Å². The van der Waals surface area contributed by atoms with E-state index in [4.69, 9.17) is 9.84 Å². The molecule has 100 valence electrons. The Hall–Kier alpha value is -2.19. The number of alkyl carbamates (subject to hydrolysis) is 1. The molecule has 1 aromatic heterocycles. The standard InChI is InChI=1S/C9H15N5O4/c1-9(2,3)18-8(17)10-5(4-6(15)16)7-11-13-14-12-7/h5H,4H2,1-3H3,(H,10,17)(H,15,16)(H,11,12,13,14). The minimum atomic E-state index is -1.10. The van der Waals surface area contributed by atoms with E-state index in [1.54, 1.807) is 20.8 Å². The molecule has 9 nitrogen and oxygen atoms in total. The van der Waals surface area contributed by atoms with E-state index in [0.29, 0.717) is 0 Å². The molecule has 0 bridgehead atoms. The van der Waals surface area contributed by atoms with Crippen LogP contribution in [0.25, 0.3) is 0 Å². The maximum Gasteiger partial charge on any atom is 0.408 e. The molecule has 1 rings (SSSR count). The first-order chi connectivity index (χ1) is 8.28. The van der Waals surface area contributed by atoms with Crippen molar-refractivity contribution in [2.75, 3.05) is 0 Å². The summed E-state index contributed by atoms with van der Waals surface area (Å²) in [7, 11) is 0. The summed E-state index contributed by atoms with van der Waals surface area (Å²) in [6.07, 6.45) is -1.10. The number of ether oxygens (including phenoxy) is 1. The molecule has 1 unspecified atom stereocenters. The molecule has 0 spiro atoms. The summed E-state index contributed by atoms with van der Waals surface area (Å²) in [4.78, 5) is 22.2. The number of aromatic nitrogens is 4. The largest absolute Gasteiger partial charge is 0.481 e. The summed E-state index contributed by atoms with van der Waals surface area (Å²) in [5.74, 6) is -1.01. The first-order valence-electron chi connectivity index (χ1n) is 5.22. The highest BCUT2D eigenvalue weighted by Gasteiger charge is 2.25. The van der Waals surface area contributed by atoms with Gasteiger partial charge in [0.1, 0.15) is 11.6 Å². The van der Waals surface area contributed by atoms with Crippen molar-refractivity contribution in [1.82, 2.24) is 25.9 Å². The maximum absolute atomic E-state index is 11.5. The minimum Gasteiger partial charge on any atom is -0.481 e. The van der Waals surface area contributed by atoms with Crippen molar-refractivity contribution in [2.24, 2.45) is 0 Å². The molecular formula is C9H15N5O4. The minimum absolute atomic E-state index is 0.0864. The summed E-state index contributed by atoms with van der Waals surface area (Å²) in [6.45, 7) is 5.10. The average Bonchev–Trinajstić information content (AvgIpc) is 2.64. The Kier molecular flexibility index (Phi) is 4.18. The van der Waals surface area contributed by atoms with Crippen molar-refractivity contribution in [3.63, 3.8) is 0 Å². The fourth-order valence-corrected chi connectivity index (χ4v) is 1.15. The third-order valence-electron chi connectivity index (χ3n) is 1.74. The molecule has 9 heteroatoms. The number of rotatable bonds is 4. The van der Waals surface area contributed by atoms with E-state index in [2.05, 4.69) is 25.9 Å². The summed E-state index contributed by atoms with van der Waals surface area (Å²) in [6, 6.07) is -0.893. The second-order valence-electron chi connectivity index (χ2n) is 4.57. The quantitative estimate of drug-likeness (QED) is 0.704. The molecule has 1 aromatic rings. The Morgan fingerprint density at radius 1 is 1.50 bits per heavy atom. The number of amides is 1. The highest BCUT2D eigenvalue weighted by atomic mass is 16.6. The second-order valence-corrected chi connectivity index (χ2v) is 4.57. The molecule has 0 aliphatic heterocycles. The van der Waals surface area contributed by atoms with Crippen molar-refractivity contribution in [3.8, 4) is 0 Å². The Balaban J connectivity index is 2.68. The monoisotopic (exact) mass is 257 g/mol. The van der Waals surface area contributed by atoms with E-state index in [1.807, 2.05) is 0 Å². The van der Waals surface area contributed by atoms with Crippen LogP contribution in [-0.4, -0.2) is 43.4 Å². The molecule has 1 atom stereocenters. The fourth-order valence-electron chi connectivity index (χ4n) is 1.15. The van der Waals surface area contributed by atoms with E-state index in [-0.39, 0.29) is 12.2 Å². The summed E-state index contributed by atoms with van der Waals surface area (Å²) in [5, 5.41) is 23.9. The second kappa shape index (κ2) is 5.43. The molecule has 0 aliphatic carbocycles. The van der Waals surface area contributed by atoms with E-state index in [1.165, 1.54) is 0 Å². The van der Waals surface area contributed by atoms with Gasteiger partial charge in [0.05, 0.1) is 6.42 Å². The number of nitrogens with zero attached hydrogens (tertiary/aromatic N) is 3. The lowest BCUT2D eigenvalue weighted by molar-refractivity contribution is -0.137. The van der Waals surface area contributed by atoms with Crippen molar-refractivity contribution in [3.05, 3.63) is 5.82 Å². The van der Waals surface area contributed by atoms with Gasteiger partial charge in [0.2, 0.25) is 0 Å². The van der Waals surface area contributed by atoms with Crippen LogP contribution in [0.4, 0.5) is 4.79 Å². The fraction of sp³-hybridized carbons (Fsp3) is 0.667. The number of carbonyl (C=O) groups is 2. The van der Waals surface area contributed by atoms with Gasteiger partial charge >= 0.3 is 12.1 Å². The lowest BCUT2D eigenvalue weighted by atomic mass is 10.2. The first-order valence-corrected chi connectivity index (χ1v) is 5.22. The van der Waals surface area contributed by atoms with Gasteiger partial charge in [-0.1, -0.05) is 5.21 Å². The van der Waals surface area contributed by atoms with Gasteiger partial charge in [0.15, 0.2) is 5.82 Å².